The molecular weight excluding hydrogens is 262 g/mol. The van der Waals surface area contributed by atoms with Crippen LogP contribution in [-0.4, -0.2) is 14.0 Å². The summed E-state index contributed by atoms with van der Waals surface area (Å²) < 4.78 is 3.67. The van der Waals surface area contributed by atoms with Crippen molar-refractivity contribution < 1.29 is 0 Å². The third-order valence-electron chi connectivity index (χ3n) is 3.74. The first kappa shape index (κ1) is 15.8. The zero-order chi connectivity index (χ0) is 16.2. The molecule has 0 aliphatic heterocycles. The van der Waals surface area contributed by atoms with E-state index in [-0.39, 0.29) is 22.6 Å². The molecule has 2 aromatic rings. The standard InChI is InChI=1S/C17H27N3O/c1-11(2)12-10-18-14-9-13(16(3,4)5)20(17(6,7)8)15(21)19(12)14/h9-11H,1-8H3. The van der Waals surface area contributed by atoms with Crippen LogP contribution in [0.5, 0.6) is 0 Å². The Hall–Kier alpha value is -1.58. The summed E-state index contributed by atoms with van der Waals surface area (Å²) in [5, 5.41) is 0. The van der Waals surface area contributed by atoms with Crippen LogP contribution in [0.4, 0.5) is 0 Å². The molecule has 0 unspecified atom stereocenters. The van der Waals surface area contributed by atoms with Gasteiger partial charge in [-0.3, -0.25) is 4.57 Å². The molecule has 0 amide bonds. The molecule has 0 aromatic carbocycles. The minimum absolute atomic E-state index is 0.00567. The molecule has 0 aliphatic carbocycles. The van der Waals surface area contributed by atoms with Gasteiger partial charge in [-0.15, -0.1) is 0 Å². The Morgan fingerprint density at radius 1 is 1.10 bits per heavy atom. The Morgan fingerprint density at radius 3 is 2.10 bits per heavy atom. The smallest absolute Gasteiger partial charge is 0.292 e. The highest BCUT2D eigenvalue weighted by molar-refractivity contribution is 5.43. The Balaban J connectivity index is 2.98. The lowest BCUT2D eigenvalue weighted by Crippen LogP contribution is -2.42. The molecule has 0 N–H and O–H groups in total. The number of nitrogens with zero attached hydrogens (tertiary/aromatic N) is 3. The van der Waals surface area contributed by atoms with E-state index >= 15 is 0 Å². The summed E-state index contributed by atoms with van der Waals surface area (Å²) in [5.74, 6) is 0.265. The van der Waals surface area contributed by atoms with E-state index in [1.165, 1.54) is 0 Å². The molecule has 2 heterocycles. The number of fused-ring (bicyclic) bond motifs is 1. The second-order valence-electron chi connectivity index (χ2n) is 8.10. The van der Waals surface area contributed by atoms with Crippen molar-refractivity contribution in [2.24, 2.45) is 0 Å². The van der Waals surface area contributed by atoms with E-state index in [1.807, 2.05) is 10.8 Å². The molecule has 2 aromatic heterocycles. The lowest BCUT2D eigenvalue weighted by Gasteiger charge is -2.32. The molecule has 0 fully saturated rings. The summed E-state index contributed by atoms with van der Waals surface area (Å²) in [6.45, 7) is 16.8. The van der Waals surface area contributed by atoms with E-state index in [4.69, 9.17) is 0 Å². The van der Waals surface area contributed by atoms with Crippen LogP contribution in [-0.2, 0) is 11.0 Å². The minimum Gasteiger partial charge on any atom is -0.292 e. The van der Waals surface area contributed by atoms with Gasteiger partial charge in [-0.25, -0.2) is 14.2 Å². The fourth-order valence-corrected chi connectivity index (χ4v) is 2.69. The normalized spacial score (nSPS) is 13.4. The van der Waals surface area contributed by atoms with E-state index in [2.05, 4.69) is 66.4 Å². The van der Waals surface area contributed by atoms with Gasteiger partial charge in [0.2, 0.25) is 0 Å². The van der Waals surface area contributed by atoms with Crippen molar-refractivity contribution >= 4 is 5.65 Å². The van der Waals surface area contributed by atoms with E-state index in [9.17, 15) is 4.79 Å². The van der Waals surface area contributed by atoms with Crippen molar-refractivity contribution in [1.82, 2.24) is 14.0 Å². The van der Waals surface area contributed by atoms with Crippen LogP contribution in [0.1, 0.15) is 72.7 Å². The minimum atomic E-state index is -0.271. The average molecular weight is 289 g/mol. The predicted octanol–water partition coefficient (Wildman–Crippen LogP) is 3.67. The summed E-state index contributed by atoms with van der Waals surface area (Å²) >= 11 is 0. The molecule has 0 saturated carbocycles. The molecule has 0 bridgehead atoms. The molecule has 0 spiro atoms. The highest BCUT2D eigenvalue weighted by Gasteiger charge is 2.28. The Kier molecular flexibility index (Phi) is 3.55. The largest absolute Gasteiger partial charge is 0.334 e. The van der Waals surface area contributed by atoms with Crippen molar-refractivity contribution in [3.63, 3.8) is 0 Å². The monoisotopic (exact) mass is 289 g/mol. The molecule has 116 valence electrons. The predicted molar refractivity (Wildman–Crippen MR) is 87.2 cm³/mol. The first-order valence-electron chi connectivity index (χ1n) is 7.59. The van der Waals surface area contributed by atoms with Crippen molar-refractivity contribution in [2.45, 2.75) is 72.3 Å². The molecule has 0 atom stereocenters. The van der Waals surface area contributed by atoms with Crippen molar-refractivity contribution in [3.05, 3.63) is 34.1 Å². The third kappa shape index (κ3) is 2.63. The number of aromatic nitrogens is 3. The summed E-state index contributed by atoms with van der Waals surface area (Å²) in [6, 6.07) is 2.05. The number of hydrogen-bond donors (Lipinski definition) is 0. The lowest BCUT2D eigenvalue weighted by molar-refractivity contribution is 0.337. The Bertz CT molecular complexity index is 721. The number of imidazole rings is 1. The van der Waals surface area contributed by atoms with E-state index < -0.39 is 0 Å². The van der Waals surface area contributed by atoms with Gasteiger partial charge >= 0.3 is 5.69 Å². The van der Waals surface area contributed by atoms with Gasteiger partial charge in [0.25, 0.3) is 0 Å². The number of rotatable bonds is 1. The van der Waals surface area contributed by atoms with E-state index in [1.54, 1.807) is 4.40 Å². The van der Waals surface area contributed by atoms with Crippen molar-refractivity contribution in [2.75, 3.05) is 0 Å². The maximum Gasteiger partial charge on any atom is 0.334 e. The molecule has 4 nitrogen and oxygen atoms in total. The molecule has 0 saturated heterocycles. The molecule has 4 heteroatoms. The SMILES string of the molecule is CC(C)c1cnc2cc(C(C)(C)C)n(C(C)(C)C)c(=O)n12. The van der Waals surface area contributed by atoms with Gasteiger partial charge in [0, 0.05) is 28.9 Å². The van der Waals surface area contributed by atoms with Crippen molar-refractivity contribution in [1.29, 1.82) is 0 Å². The van der Waals surface area contributed by atoms with Crippen LogP contribution in [0.15, 0.2) is 17.1 Å². The highest BCUT2D eigenvalue weighted by Crippen LogP contribution is 2.27. The summed E-state index contributed by atoms with van der Waals surface area (Å²) in [6.07, 6.45) is 1.82. The highest BCUT2D eigenvalue weighted by atomic mass is 16.1. The maximum absolute atomic E-state index is 13.1. The van der Waals surface area contributed by atoms with Crippen LogP contribution < -0.4 is 5.69 Å². The summed E-state index contributed by atoms with van der Waals surface area (Å²) in [4.78, 5) is 17.6. The molecule has 2 rings (SSSR count). The van der Waals surface area contributed by atoms with Crippen LogP contribution >= 0.6 is 0 Å². The molecule has 0 aliphatic rings. The number of hydrogen-bond acceptors (Lipinski definition) is 2. The summed E-state index contributed by atoms with van der Waals surface area (Å²) in [7, 11) is 0. The van der Waals surface area contributed by atoms with Crippen molar-refractivity contribution in [3.8, 4) is 0 Å². The fraction of sp³-hybridized carbons (Fsp3) is 0.647. The fourth-order valence-electron chi connectivity index (χ4n) is 2.69. The quantitative estimate of drug-likeness (QED) is 0.803. The van der Waals surface area contributed by atoms with Gasteiger partial charge in [0.15, 0.2) is 0 Å². The second-order valence-corrected chi connectivity index (χ2v) is 8.10. The Morgan fingerprint density at radius 2 is 1.67 bits per heavy atom. The third-order valence-corrected chi connectivity index (χ3v) is 3.74. The molecular formula is C17H27N3O. The average Bonchev–Trinajstić information content (AvgIpc) is 2.69. The first-order chi connectivity index (χ1) is 9.44. The van der Waals surface area contributed by atoms with Crippen LogP contribution in [0.2, 0.25) is 0 Å². The molecule has 21 heavy (non-hydrogen) atoms. The lowest BCUT2D eigenvalue weighted by atomic mass is 9.90. The van der Waals surface area contributed by atoms with Gasteiger partial charge in [-0.1, -0.05) is 34.6 Å². The first-order valence-corrected chi connectivity index (χ1v) is 7.59. The van der Waals surface area contributed by atoms with Gasteiger partial charge in [0.1, 0.15) is 5.65 Å². The summed E-state index contributed by atoms with van der Waals surface area (Å²) in [5.41, 5.74) is 2.35. The van der Waals surface area contributed by atoms with Gasteiger partial charge in [-0.2, -0.15) is 0 Å². The van der Waals surface area contributed by atoms with Crippen LogP contribution in [0.3, 0.4) is 0 Å². The van der Waals surface area contributed by atoms with Crippen LogP contribution in [0.25, 0.3) is 5.65 Å². The van der Waals surface area contributed by atoms with Gasteiger partial charge < -0.3 is 0 Å². The van der Waals surface area contributed by atoms with Crippen LogP contribution in [0, 0.1) is 0 Å². The van der Waals surface area contributed by atoms with Gasteiger partial charge in [0.05, 0.1) is 5.69 Å². The zero-order valence-corrected chi connectivity index (χ0v) is 14.5. The Labute approximate surface area is 126 Å². The second kappa shape index (κ2) is 4.72. The van der Waals surface area contributed by atoms with E-state index in [0.29, 0.717) is 0 Å². The van der Waals surface area contributed by atoms with E-state index in [0.717, 1.165) is 17.0 Å². The topological polar surface area (TPSA) is 39.3 Å². The van der Waals surface area contributed by atoms with Gasteiger partial charge in [-0.05, 0) is 26.7 Å². The maximum atomic E-state index is 13.1. The molecule has 0 radical (unpaired) electrons. The zero-order valence-electron chi connectivity index (χ0n) is 14.5.